The average Bonchev–Trinajstić information content (AvgIpc) is 3.21. The molecule has 0 aliphatic carbocycles. The summed E-state index contributed by atoms with van der Waals surface area (Å²) in [7, 11) is 0. The van der Waals surface area contributed by atoms with Crippen molar-refractivity contribution in [1.82, 2.24) is 19.8 Å². The number of piperidine rings is 1. The Balaban J connectivity index is 1.41. The van der Waals surface area contributed by atoms with Gasteiger partial charge in [-0.15, -0.1) is 0 Å². The highest BCUT2D eigenvalue weighted by atomic mass is 16.2. The molecule has 0 spiro atoms. The SMILES string of the molecule is CCCNC(=O)C1CCN(C(=O)c2ccc(-n3cnc4ccccc43)cc2)CC1. The van der Waals surface area contributed by atoms with E-state index in [1.165, 1.54) is 0 Å². The van der Waals surface area contributed by atoms with Crippen molar-refractivity contribution in [3.63, 3.8) is 0 Å². The Bertz CT molecular complexity index is 1000. The van der Waals surface area contributed by atoms with E-state index in [9.17, 15) is 9.59 Å². The summed E-state index contributed by atoms with van der Waals surface area (Å²) in [4.78, 5) is 31.3. The van der Waals surface area contributed by atoms with Gasteiger partial charge in [-0.25, -0.2) is 4.98 Å². The lowest BCUT2D eigenvalue weighted by Crippen LogP contribution is -2.43. The van der Waals surface area contributed by atoms with Gasteiger partial charge in [-0.05, 0) is 55.7 Å². The maximum Gasteiger partial charge on any atom is 0.253 e. The van der Waals surface area contributed by atoms with Gasteiger partial charge in [0, 0.05) is 36.8 Å². The Morgan fingerprint density at radius 3 is 2.52 bits per heavy atom. The van der Waals surface area contributed by atoms with E-state index in [1.54, 1.807) is 6.33 Å². The smallest absolute Gasteiger partial charge is 0.253 e. The molecule has 4 rings (SSSR count). The van der Waals surface area contributed by atoms with Crippen LogP contribution < -0.4 is 5.32 Å². The minimum atomic E-state index is 0.0162. The van der Waals surface area contributed by atoms with E-state index in [0.29, 0.717) is 18.7 Å². The zero-order chi connectivity index (χ0) is 20.2. The van der Waals surface area contributed by atoms with Crippen LogP contribution in [0.4, 0.5) is 0 Å². The van der Waals surface area contributed by atoms with Crippen LogP contribution in [0.15, 0.2) is 54.9 Å². The Morgan fingerprint density at radius 1 is 1.07 bits per heavy atom. The topological polar surface area (TPSA) is 67.2 Å². The highest BCUT2D eigenvalue weighted by Crippen LogP contribution is 2.21. The molecular weight excluding hydrogens is 364 g/mol. The normalized spacial score (nSPS) is 14.9. The molecule has 1 aliphatic heterocycles. The molecule has 1 N–H and O–H groups in total. The number of nitrogens with one attached hydrogen (secondary N) is 1. The highest BCUT2D eigenvalue weighted by Gasteiger charge is 2.27. The molecule has 0 bridgehead atoms. The average molecular weight is 390 g/mol. The number of amides is 2. The summed E-state index contributed by atoms with van der Waals surface area (Å²) in [5.74, 6) is 0.165. The van der Waals surface area contributed by atoms with Crippen molar-refractivity contribution in [2.45, 2.75) is 26.2 Å². The van der Waals surface area contributed by atoms with Crippen LogP contribution in [0, 0.1) is 5.92 Å². The largest absolute Gasteiger partial charge is 0.356 e. The van der Waals surface area contributed by atoms with E-state index < -0.39 is 0 Å². The minimum Gasteiger partial charge on any atom is -0.356 e. The molecule has 150 valence electrons. The molecule has 2 amide bonds. The fraction of sp³-hybridized carbons (Fsp3) is 0.348. The second-order valence-corrected chi connectivity index (χ2v) is 7.51. The Kier molecular flexibility index (Phi) is 5.60. The lowest BCUT2D eigenvalue weighted by atomic mass is 9.95. The summed E-state index contributed by atoms with van der Waals surface area (Å²) >= 11 is 0. The second kappa shape index (κ2) is 8.47. The summed E-state index contributed by atoms with van der Waals surface area (Å²) in [6.07, 6.45) is 4.19. The van der Waals surface area contributed by atoms with Crippen LogP contribution in [0.25, 0.3) is 16.7 Å². The van der Waals surface area contributed by atoms with Gasteiger partial charge in [0.2, 0.25) is 5.91 Å². The number of likely N-dealkylation sites (tertiary alicyclic amines) is 1. The number of para-hydroxylation sites is 2. The van der Waals surface area contributed by atoms with Gasteiger partial charge in [0.25, 0.3) is 5.91 Å². The molecule has 0 atom stereocenters. The number of hydrogen-bond acceptors (Lipinski definition) is 3. The lowest BCUT2D eigenvalue weighted by Gasteiger charge is -2.31. The Labute approximate surface area is 170 Å². The second-order valence-electron chi connectivity index (χ2n) is 7.51. The fourth-order valence-electron chi connectivity index (χ4n) is 3.85. The van der Waals surface area contributed by atoms with Crippen LogP contribution in [-0.2, 0) is 4.79 Å². The number of carbonyl (C=O) groups is 2. The van der Waals surface area contributed by atoms with Crippen molar-refractivity contribution >= 4 is 22.8 Å². The summed E-state index contributed by atoms with van der Waals surface area (Å²) in [6, 6.07) is 15.6. The highest BCUT2D eigenvalue weighted by molar-refractivity contribution is 5.94. The Hall–Kier alpha value is -3.15. The van der Waals surface area contributed by atoms with Gasteiger partial charge in [-0.3, -0.25) is 14.2 Å². The van der Waals surface area contributed by atoms with Gasteiger partial charge in [0.05, 0.1) is 11.0 Å². The van der Waals surface area contributed by atoms with Crippen LogP contribution in [0.2, 0.25) is 0 Å². The number of hydrogen-bond donors (Lipinski definition) is 1. The van der Waals surface area contributed by atoms with Crippen LogP contribution in [0.3, 0.4) is 0 Å². The molecular formula is C23H26N4O2. The summed E-state index contributed by atoms with van der Waals surface area (Å²) < 4.78 is 2.02. The number of benzene rings is 2. The summed E-state index contributed by atoms with van der Waals surface area (Å²) in [5.41, 5.74) is 3.63. The molecule has 2 aromatic carbocycles. The standard InChI is InChI=1S/C23H26N4O2/c1-2-13-24-22(28)17-11-14-26(15-12-17)23(29)18-7-9-19(10-8-18)27-16-25-20-5-3-4-6-21(20)27/h3-10,16-17H,2,11-15H2,1H3,(H,24,28). The monoisotopic (exact) mass is 390 g/mol. The number of fused-ring (bicyclic) bond motifs is 1. The van der Waals surface area contributed by atoms with Gasteiger partial charge in [-0.2, -0.15) is 0 Å². The molecule has 29 heavy (non-hydrogen) atoms. The molecule has 1 aromatic heterocycles. The summed E-state index contributed by atoms with van der Waals surface area (Å²) in [5, 5.41) is 2.96. The molecule has 0 saturated carbocycles. The van der Waals surface area contributed by atoms with Crippen molar-refractivity contribution in [1.29, 1.82) is 0 Å². The first-order chi connectivity index (χ1) is 14.2. The van der Waals surface area contributed by atoms with Crippen LogP contribution in [0.1, 0.15) is 36.5 Å². The van der Waals surface area contributed by atoms with Gasteiger partial charge in [-0.1, -0.05) is 19.1 Å². The molecule has 2 heterocycles. The molecule has 6 heteroatoms. The molecule has 6 nitrogen and oxygen atoms in total. The molecule has 0 unspecified atom stereocenters. The van der Waals surface area contributed by atoms with E-state index in [2.05, 4.69) is 10.3 Å². The van der Waals surface area contributed by atoms with E-state index in [4.69, 9.17) is 0 Å². The minimum absolute atomic E-state index is 0.0162. The molecule has 3 aromatic rings. The molecule has 1 saturated heterocycles. The predicted molar refractivity (Wildman–Crippen MR) is 113 cm³/mol. The maximum atomic E-state index is 12.9. The van der Waals surface area contributed by atoms with Gasteiger partial charge in [0.15, 0.2) is 0 Å². The Morgan fingerprint density at radius 2 is 1.79 bits per heavy atom. The van der Waals surface area contributed by atoms with E-state index in [0.717, 1.165) is 42.5 Å². The number of aromatic nitrogens is 2. The first-order valence-electron chi connectivity index (χ1n) is 10.3. The number of nitrogens with zero attached hydrogens (tertiary/aromatic N) is 3. The van der Waals surface area contributed by atoms with Crippen molar-refractivity contribution in [2.24, 2.45) is 5.92 Å². The third-order valence-electron chi connectivity index (χ3n) is 5.55. The number of imidazole rings is 1. The molecule has 0 radical (unpaired) electrons. The predicted octanol–water partition coefficient (Wildman–Crippen LogP) is 3.40. The number of rotatable bonds is 5. The zero-order valence-corrected chi connectivity index (χ0v) is 16.7. The van der Waals surface area contributed by atoms with Gasteiger partial charge < -0.3 is 10.2 Å². The van der Waals surface area contributed by atoms with E-state index in [1.807, 2.05) is 64.9 Å². The molecule has 1 fully saturated rings. The molecule has 1 aliphatic rings. The van der Waals surface area contributed by atoms with E-state index in [-0.39, 0.29) is 17.7 Å². The van der Waals surface area contributed by atoms with Crippen LogP contribution in [-0.4, -0.2) is 45.9 Å². The van der Waals surface area contributed by atoms with Crippen molar-refractivity contribution in [2.75, 3.05) is 19.6 Å². The van der Waals surface area contributed by atoms with Crippen molar-refractivity contribution < 1.29 is 9.59 Å². The third-order valence-corrected chi connectivity index (χ3v) is 5.55. The fourth-order valence-corrected chi connectivity index (χ4v) is 3.85. The first kappa shape index (κ1) is 19.2. The third kappa shape index (κ3) is 4.01. The quantitative estimate of drug-likeness (QED) is 0.726. The van der Waals surface area contributed by atoms with Crippen molar-refractivity contribution in [3.05, 3.63) is 60.4 Å². The van der Waals surface area contributed by atoms with Gasteiger partial charge in [0.1, 0.15) is 6.33 Å². The lowest BCUT2D eigenvalue weighted by molar-refractivity contribution is -0.126. The maximum absolute atomic E-state index is 12.9. The van der Waals surface area contributed by atoms with Crippen LogP contribution in [0.5, 0.6) is 0 Å². The summed E-state index contributed by atoms with van der Waals surface area (Å²) in [6.45, 7) is 4.01. The zero-order valence-electron chi connectivity index (χ0n) is 16.7. The first-order valence-corrected chi connectivity index (χ1v) is 10.3. The van der Waals surface area contributed by atoms with E-state index >= 15 is 0 Å². The number of carbonyl (C=O) groups excluding carboxylic acids is 2. The van der Waals surface area contributed by atoms with Crippen LogP contribution >= 0.6 is 0 Å². The van der Waals surface area contributed by atoms with Crippen molar-refractivity contribution in [3.8, 4) is 5.69 Å². The van der Waals surface area contributed by atoms with Gasteiger partial charge >= 0.3 is 0 Å².